The monoisotopic (exact) mass is 482 g/mol. The van der Waals surface area contributed by atoms with Crippen LogP contribution in [0.15, 0.2) is 78.9 Å². The third kappa shape index (κ3) is 7.08. The Hall–Kier alpha value is -2.82. The molecule has 1 atom stereocenters. The Kier molecular flexibility index (Phi) is 9.35. The Morgan fingerprint density at radius 1 is 0.848 bits per heavy atom. The fourth-order valence-corrected chi connectivity index (χ4v) is 4.16. The van der Waals surface area contributed by atoms with Crippen molar-refractivity contribution in [3.63, 3.8) is 0 Å². The molecule has 0 aromatic heterocycles. The Morgan fingerprint density at radius 2 is 1.42 bits per heavy atom. The standard InChI is InChI=1S/C27H28Cl2N2O2/c1-2-16-30-27(33)25(17-20-10-5-3-6-11-20)31(19-22-23(28)14-9-15-24(22)29)26(32)18-21-12-7-4-8-13-21/h3-15,25H,2,16-19H2,1H3,(H,30,33)/t25-/m0/s1. The Balaban J connectivity index is 1.99. The van der Waals surface area contributed by atoms with Crippen molar-refractivity contribution in [2.45, 2.75) is 38.8 Å². The van der Waals surface area contributed by atoms with Crippen LogP contribution < -0.4 is 5.32 Å². The number of hydrogen-bond acceptors (Lipinski definition) is 2. The van der Waals surface area contributed by atoms with E-state index in [4.69, 9.17) is 23.2 Å². The summed E-state index contributed by atoms with van der Waals surface area (Å²) in [5, 5.41) is 3.90. The molecule has 3 rings (SSSR count). The zero-order valence-corrected chi connectivity index (χ0v) is 20.1. The molecule has 0 aliphatic rings. The van der Waals surface area contributed by atoms with Gasteiger partial charge in [-0.15, -0.1) is 0 Å². The van der Waals surface area contributed by atoms with E-state index >= 15 is 0 Å². The molecular formula is C27H28Cl2N2O2. The zero-order chi connectivity index (χ0) is 23.6. The van der Waals surface area contributed by atoms with Crippen molar-refractivity contribution < 1.29 is 9.59 Å². The van der Waals surface area contributed by atoms with Crippen molar-refractivity contribution in [3.05, 3.63) is 106 Å². The van der Waals surface area contributed by atoms with Crippen LogP contribution in [0.2, 0.25) is 10.0 Å². The molecule has 1 N–H and O–H groups in total. The summed E-state index contributed by atoms with van der Waals surface area (Å²) in [5.41, 5.74) is 2.48. The molecule has 0 saturated heterocycles. The second kappa shape index (κ2) is 12.4. The molecule has 2 amide bonds. The van der Waals surface area contributed by atoms with Gasteiger partial charge in [0.05, 0.1) is 6.42 Å². The van der Waals surface area contributed by atoms with Gasteiger partial charge >= 0.3 is 0 Å². The van der Waals surface area contributed by atoms with Crippen LogP contribution in [0.4, 0.5) is 0 Å². The number of rotatable bonds is 10. The summed E-state index contributed by atoms with van der Waals surface area (Å²) in [4.78, 5) is 28.5. The average Bonchev–Trinajstić information content (AvgIpc) is 2.82. The van der Waals surface area contributed by atoms with Gasteiger partial charge in [-0.2, -0.15) is 0 Å². The van der Waals surface area contributed by atoms with Crippen molar-refractivity contribution in [3.8, 4) is 0 Å². The molecule has 3 aromatic carbocycles. The van der Waals surface area contributed by atoms with Crippen molar-refractivity contribution in [1.29, 1.82) is 0 Å². The summed E-state index contributed by atoms with van der Waals surface area (Å²) in [7, 11) is 0. The summed E-state index contributed by atoms with van der Waals surface area (Å²) in [6.45, 7) is 2.67. The first-order valence-electron chi connectivity index (χ1n) is 11.1. The Morgan fingerprint density at radius 3 is 2.00 bits per heavy atom. The van der Waals surface area contributed by atoms with Gasteiger partial charge in [0.2, 0.25) is 11.8 Å². The number of hydrogen-bond donors (Lipinski definition) is 1. The van der Waals surface area contributed by atoms with Crippen molar-refractivity contribution in [2.75, 3.05) is 6.54 Å². The van der Waals surface area contributed by atoms with Crippen LogP contribution in [-0.2, 0) is 29.0 Å². The molecule has 4 nitrogen and oxygen atoms in total. The van der Waals surface area contributed by atoms with Crippen LogP contribution in [0.25, 0.3) is 0 Å². The third-order valence-corrected chi connectivity index (χ3v) is 6.12. The van der Waals surface area contributed by atoms with Gasteiger partial charge in [0.15, 0.2) is 0 Å². The molecule has 172 valence electrons. The Bertz CT molecular complexity index is 1040. The number of nitrogens with zero attached hydrogens (tertiary/aromatic N) is 1. The van der Waals surface area contributed by atoms with Crippen molar-refractivity contribution in [2.24, 2.45) is 0 Å². The molecule has 0 radical (unpaired) electrons. The zero-order valence-electron chi connectivity index (χ0n) is 18.6. The van der Waals surface area contributed by atoms with Crippen LogP contribution in [0, 0.1) is 0 Å². The molecule has 33 heavy (non-hydrogen) atoms. The summed E-state index contributed by atoms with van der Waals surface area (Å²) in [6, 6.07) is 23.8. The number of carbonyl (C=O) groups excluding carboxylic acids is 2. The Labute approximate surface area is 205 Å². The molecule has 3 aromatic rings. The summed E-state index contributed by atoms with van der Waals surface area (Å²) < 4.78 is 0. The van der Waals surface area contributed by atoms with E-state index in [0.717, 1.165) is 17.5 Å². The topological polar surface area (TPSA) is 49.4 Å². The number of amides is 2. The molecule has 0 aliphatic carbocycles. The second-order valence-corrected chi connectivity index (χ2v) is 8.70. The molecule has 0 heterocycles. The molecule has 6 heteroatoms. The molecule has 0 spiro atoms. The lowest BCUT2D eigenvalue weighted by Crippen LogP contribution is -2.51. The summed E-state index contributed by atoms with van der Waals surface area (Å²) in [5.74, 6) is -0.352. The summed E-state index contributed by atoms with van der Waals surface area (Å²) in [6.07, 6.45) is 1.37. The second-order valence-electron chi connectivity index (χ2n) is 7.88. The molecule has 0 bridgehead atoms. The van der Waals surface area contributed by atoms with Gasteiger partial charge in [-0.1, -0.05) is 96.9 Å². The van der Waals surface area contributed by atoms with E-state index in [0.29, 0.717) is 28.6 Å². The molecule has 0 saturated carbocycles. The van der Waals surface area contributed by atoms with Gasteiger partial charge in [-0.05, 0) is 29.7 Å². The average molecular weight is 483 g/mol. The first-order valence-corrected chi connectivity index (χ1v) is 11.8. The lowest BCUT2D eigenvalue weighted by Gasteiger charge is -2.32. The molecule has 0 fully saturated rings. The lowest BCUT2D eigenvalue weighted by atomic mass is 10.0. The third-order valence-electron chi connectivity index (χ3n) is 5.41. The fraction of sp³-hybridized carbons (Fsp3) is 0.259. The minimum Gasteiger partial charge on any atom is -0.354 e. The predicted octanol–water partition coefficient (Wildman–Crippen LogP) is 5.70. The maximum absolute atomic E-state index is 13.6. The number of halogens is 2. The van der Waals surface area contributed by atoms with Crippen molar-refractivity contribution >= 4 is 35.0 Å². The van der Waals surface area contributed by atoms with Crippen LogP contribution >= 0.6 is 23.2 Å². The number of carbonyl (C=O) groups is 2. The van der Waals surface area contributed by atoms with E-state index in [2.05, 4.69) is 5.32 Å². The number of nitrogens with one attached hydrogen (secondary N) is 1. The quantitative estimate of drug-likeness (QED) is 0.402. The molecule has 0 aliphatic heterocycles. The normalized spacial score (nSPS) is 11.6. The van der Waals surface area contributed by atoms with Gasteiger partial charge < -0.3 is 10.2 Å². The largest absolute Gasteiger partial charge is 0.354 e. The van der Waals surface area contributed by atoms with E-state index in [1.165, 1.54) is 0 Å². The smallest absolute Gasteiger partial charge is 0.243 e. The van der Waals surface area contributed by atoms with Gasteiger partial charge in [0.1, 0.15) is 6.04 Å². The molecule has 0 unspecified atom stereocenters. The SMILES string of the molecule is CCCNC(=O)[C@H](Cc1ccccc1)N(Cc1c(Cl)cccc1Cl)C(=O)Cc1ccccc1. The van der Waals surface area contributed by atoms with Crippen LogP contribution in [-0.4, -0.2) is 29.3 Å². The van der Waals surface area contributed by atoms with E-state index in [9.17, 15) is 9.59 Å². The minimum absolute atomic E-state index is 0.140. The lowest BCUT2D eigenvalue weighted by molar-refractivity contribution is -0.140. The van der Waals surface area contributed by atoms with E-state index < -0.39 is 6.04 Å². The van der Waals surface area contributed by atoms with Gasteiger partial charge in [0, 0.05) is 35.1 Å². The minimum atomic E-state index is -0.706. The highest BCUT2D eigenvalue weighted by atomic mass is 35.5. The van der Waals surface area contributed by atoms with Gasteiger partial charge in [-0.25, -0.2) is 0 Å². The highest BCUT2D eigenvalue weighted by Gasteiger charge is 2.31. The maximum atomic E-state index is 13.6. The van der Waals surface area contributed by atoms with Gasteiger partial charge in [0.25, 0.3) is 0 Å². The highest BCUT2D eigenvalue weighted by molar-refractivity contribution is 6.36. The van der Waals surface area contributed by atoms with Crippen molar-refractivity contribution in [1.82, 2.24) is 10.2 Å². The van der Waals surface area contributed by atoms with Crippen LogP contribution in [0.1, 0.15) is 30.0 Å². The van der Waals surface area contributed by atoms with E-state index in [1.807, 2.05) is 67.6 Å². The fourth-order valence-electron chi connectivity index (χ4n) is 3.65. The first kappa shape index (κ1) is 24.8. The van der Waals surface area contributed by atoms with E-state index in [1.54, 1.807) is 23.1 Å². The summed E-state index contributed by atoms with van der Waals surface area (Å²) >= 11 is 12.9. The van der Waals surface area contributed by atoms with E-state index in [-0.39, 0.29) is 24.8 Å². The molecular weight excluding hydrogens is 455 g/mol. The first-order chi connectivity index (χ1) is 16.0. The highest BCUT2D eigenvalue weighted by Crippen LogP contribution is 2.27. The van der Waals surface area contributed by atoms with Crippen LogP contribution in [0.5, 0.6) is 0 Å². The van der Waals surface area contributed by atoms with Crippen LogP contribution in [0.3, 0.4) is 0 Å². The number of benzene rings is 3. The van der Waals surface area contributed by atoms with Gasteiger partial charge in [-0.3, -0.25) is 9.59 Å². The maximum Gasteiger partial charge on any atom is 0.243 e. The predicted molar refractivity (Wildman–Crippen MR) is 134 cm³/mol.